The number of hydrogen-bond donors (Lipinski definition) is 1. The number of methoxy groups -OCH3 is 1. The number of halogens is 1. The molecule has 0 aliphatic carbocycles. The van der Waals surface area contributed by atoms with Crippen molar-refractivity contribution in [3.05, 3.63) is 47.0 Å². The zero-order chi connectivity index (χ0) is 13.1. The SMILES string of the molecule is COc1ccc(Oc2cc(Cl)ccc2C)c(N)c1. The van der Waals surface area contributed by atoms with Crippen molar-refractivity contribution in [3.8, 4) is 17.2 Å². The van der Waals surface area contributed by atoms with Gasteiger partial charge in [0, 0.05) is 11.1 Å². The predicted molar refractivity (Wildman–Crippen MR) is 73.7 cm³/mol. The summed E-state index contributed by atoms with van der Waals surface area (Å²) in [5, 5.41) is 0.627. The minimum Gasteiger partial charge on any atom is -0.497 e. The van der Waals surface area contributed by atoms with E-state index < -0.39 is 0 Å². The van der Waals surface area contributed by atoms with E-state index in [1.807, 2.05) is 19.1 Å². The summed E-state index contributed by atoms with van der Waals surface area (Å²) in [4.78, 5) is 0. The second-order valence-corrected chi connectivity index (χ2v) is 4.35. The Bertz CT molecular complexity index is 570. The van der Waals surface area contributed by atoms with Crippen molar-refractivity contribution in [2.45, 2.75) is 6.92 Å². The molecule has 0 saturated carbocycles. The van der Waals surface area contributed by atoms with Crippen molar-refractivity contribution >= 4 is 17.3 Å². The molecular weight excluding hydrogens is 250 g/mol. The van der Waals surface area contributed by atoms with E-state index in [2.05, 4.69) is 0 Å². The Morgan fingerprint density at radius 2 is 1.83 bits per heavy atom. The van der Waals surface area contributed by atoms with Crippen LogP contribution in [0.5, 0.6) is 17.2 Å². The van der Waals surface area contributed by atoms with Crippen molar-refractivity contribution < 1.29 is 9.47 Å². The topological polar surface area (TPSA) is 44.5 Å². The summed E-state index contributed by atoms with van der Waals surface area (Å²) < 4.78 is 10.8. The standard InChI is InChI=1S/C14H14ClNO2/c1-9-3-4-10(15)7-14(9)18-13-6-5-11(17-2)8-12(13)16/h3-8H,16H2,1-2H3. The summed E-state index contributed by atoms with van der Waals surface area (Å²) in [5.41, 5.74) is 7.41. The largest absolute Gasteiger partial charge is 0.497 e. The average molecular weight is 264 g/mol. The molecule has 0 fully saturated rings. The molecule has 0 amide bonds. The number of nitrogen functional groups attached to an aromatic ring is 1. The average Bonchev–Trinajstić information content (AvgIpc) is 2.36. The number of benzene rings is 2. The third-order valence-corrected chi connectivity index (χ3v) is 2.82. The molecule has 18 heavy (non-hydrogen) atoms. The van der Waals surface area contributed by atoms with Gasteiger partial charge in [-0.15, -0.1) is 0 Å². The Balaban J connectivity index is 2.31. The van der Waals surface area contributed by atoms with Gasteiger partial charge in [-0.2, -0.15) is 0 Å². The molecule has 2 aromatic carbocycles. The third kappa shape index (κ3) is 2.68. The van der Waals surface area contributed by atoms with E-state index in [4.69, 9.17) is 26.8 Å². The van der Waals surface area contributed by atoms with Gasteiger partial charge in [-0.1, -0.05) is 17.7 Å². The van der Waals surface area contributed by atoms with E-state index >= 15 is 0 Å². The molecule has 0 aliphatic rings. The quantitative estimate of drug-likeness (QED) is 0.851. The minimum atomic E-state index is 0.522. The van der Waals surface area contributed by atoms with Gasteiger partial charge in [0.05, 0.1) is 12.8 Å². The van der Waals surface area contributed by atoms with Crippen molar-refractivity contribution in [1.82, 2.24) is 0 Å². The molecular formula is C14H14ClNO2. The molecule has 0 spiro atoms. The van der Waals surface area contributed by atoms with Gasteiger partial charge < -0.3 is 15.2 Å². The van der Waals surface area contributed by atoms with Crippen LogP contribution in [0.1, 0.15) is 5.56 Å². The van der Waals surface area contributed by atoms with Crippen LogP contribution in [-0.2, 0) is 0 Å². The number of hydrogen-bond acceptors (Lipinski definition) is 3. The second kappa shape index (κ2) is 5.19. The van der Waals surface area contributed by atoms with E-state index in [1.165, 1.54) is 0 Å². The third-order valence-electron chi connectivity index (χ3n) is 2.59. The van der Waals surface area contributed by atoms with E-state index in [-0.39, 0.29) is 0 Å². The maximum absolute atomic E-state index is 5.94. The Morgan fingerprint density at radius 3 is 2.50 bits per heavy atom. The fourth-order valence-electron chi connectivity index (χ4n) is 1.55. The van der Waals surface area contributed by atoms with Crippen LogP contribution in [0.4, 0.5) is 5.69 Å². The van der Waals surface area contributed by atoms with Gasteiger partial charge in [0.2, 0.25) is 0 Å². The summed E-state index contributed by atoms with van der Waals surface area (Å²) in [7, 11) is 1.59. The zero-order valence-corrected chi connectivity index (χ0v) is 11.0. The van der Waals surface area contributed by atoms with Crippen LogP contribution in [0.15, 0.2) is 36.4 Å². The van der Waals surface area contributed by atoms with Gasteiger partial charge in [0.15, 0.2) is 5.75 Å². The number of aryl methyl sites for hydroxylation is 1. The maximum Gasteiger partial charge on any atom is 0.150 e. The lowest BCUT2D eigenvalue weighted by Gasteiger charge is -2.12. The van der Waals surface area contributed by atoms with Crippen molar-refractivity contribution in [2.75, 3.05) is 12.8 Å². The summed E-state index contributed by atoms with van der Waals surface area (Å²) in [6, 6.07) is 10.8. The van der Waals surface area contributed by atoms with Crippen molar-refractivity contribution in [2.24, 2.45) is 0 Å². The lowest BCUT2D eigenvalue weighted by Crippen LogP contribution is -1.94. The minimum absolute atomic E-state index is 0.522. The molecule has 0 bridgehead atoms. The molecule has 0 atom stereocenters. The first kappa shape index (κ1) is 12.6. The van der Waals surface area contributed by atoms with E-state index in [0.717, 1.165) is 5.56 Å². The van der Waals surface area contributed by atoms with Crippen LogP contribution in [0, 0.1) is 6.92 Å². The van der Waals surface area contributed by atoms with Crippen LogP contribution in [0.3, 0.4) is 0 Å². The first-order valence-corrected chi connectivity index (χ1v) is 5.85. The van der Waals surface area contributed by atoms with Crippen LogP contribution < -0.4 is 15.2 Å². The smallest absolute Gasteiger partial charge is 0.150 e. The van der Waals surface area contributed by atoms with Gasteiger partial charge in [-0.25, -0.2) is 0 Å². The Hall–Kier alpha value is -1.87. The summed E-state index contributed by atoms with van der Waals surface area (Å²) in [5.74, 6) is 1.98. The van der Waals surface area contributed by atoms with Gasteiger partial charge in [-0.3, -0.25) is 0 Å². The molecule has 0 radical (unpaired) electrons. The fraction of sp³-hybridized carbons (Fsp3) is 0.143. The first-order chi connectivity index (χ1) is 8.60. The summed E-state index contributed by atoms with van der Waals surface area (Å²) >= 11 is 5.94. The molecule has 0 unspecified atom stereocenters. The highest BCUT2D eigenvalue weighted by Crippen LogP contribution is 2.33. The van der Waals surface area contributed by atoms with Crippen LogP contribution in [0.25, 0.3) is 0 Å². The van der Waals surface area contributed by atoms with Crippen molar-refractivity contribution in [3.63, 3.8) is 0 Å². The molecule has 0 saturated heterocycles. The molecule has 2 aromatic rings. The van der Waals surface area contributed by atoms with Gasteiger partial charge in [0.1, 0.15) is 11.5 Å². The molecule has 2 rings (SSSR count). The number of ether oxygens (including phenoxy) is 2. The number of anilines is 1. The summed E-state index contributed by atoms with van der Waals surface area (Å²) in [6.07, 6.45) is 0. The van der Waals surface area contributed by atoms with E-state index in [1.54, 1.807) is 31.4 Å². The Labute approximate surface area is 111 Å². The predicted octanol–water partition coefficient (Wildman–Crippen LogP) is 4.03. The lowest BCUT2D eigenvalue weighted by atomic mass is 10.2. The van der Waals surface area contributed by atoms with Gasteiger partial charge in [-0.05, 0) is 36.8 Å². The summed E-state index contributed by atoms with van der Waals surface area (Å²) in [6.45, 7) is 1.95. The molecule has 4 heteroatoms. The highest BCUT2D eigenvalue weighted by molar-refractivity contribution is 6.30. The maximum atomic E-state index is 5.94. The lowest BCUT2D eigenvalue weighted by molar-refractivity contribution is 0.413. The van der Waals surface area contributed by atoms with Crippen molar-refractivity contribution in [1.29, 1.82) is 0 Å². The Morgan fingerprint density at radius 1 is 1.06 bits per heavy atom. The highest BCUT2D eigenvalue weighted by Gasteiger charge is 2.06. The van der Waals surface area contributed by atoms with Crippen LogP contribution >= 0.6 is 11.6 Å². The molecule has 0 aromatic heterocycles. The zero-order valence-electron chi connectivity index (χ0n) is 10.2. The molecule has 3 nitrogen and oxygen atoms in total. The second-order valence-electron chi connectivity index (χ2n) is 3.92. The van der Waals surface area contributed by atoms with Crippen LogP contribution in [0.2, 0.25) is 5.02 Å². The molecule has 2 N–H and O–H groups in total. The fourth-order valence-corrected chi connectivity index (χ4v) is 1.71. The van der Waals surface area contributed by atoms with E-state index in [0.29, 0.717) is 28.0 Å². The first-order valence-electron chi connectivity index (χ1n) is 5.47. The molecule has 0 aliphatic heterocycles. The number of rotatable bonds is 3. The normalized spacial score (nSPS) is 10.2. The Kier molecular flexibility index (Phi) is 3.63. The van der Waals surface area contributed by atoms with Gasteiger partial charge in [0.25, 0.3) is 0 Å². The molecule has 0 heterocycles. The highest BCUT2D eigenvalue weighted by atomic mass is 35.5. The monoisotopic (exact) mass is 263 g/mol. The van der Waals surface area contributed by atoms with Crippen LogP contribution in [-0.4, -0.2) is 7.11 Å². The van der Waals surface area contributed by atoms with E-state index in [9.17, 15) is 0 Å². The van der Waals surface area contributed by atoms with Gasteiger partial charge >= 0.3 is 0 Å². The molecule has 94 valence electrons. The number of nitrogens with two attached hydrogens (primary N) is 1.